The van der Waals surface area contributed by atoms with E-state index in [-0.39, 0.29) is 23.4 Å². The van der Waals surface area contributed by atoms with E-state index < -0.39 is 0 Å². The van der Waals surface area contributed by atoms with Crippen LogP contribution in [0.1, 0.15) is 4.88 Å². The summed E-state index contributed by atoms with van der Waals surface area (Å²) in [4.78, 5) is 28.6. The highest BCUT2D eigenvalue weighted by Gasteiger charge is 2.30. The molecule has 0 aromatic carbocycles. The zero-order chi connectivity index (χ0) is 10.8. The number of hydrogen-bond acceptors (Lipinski definition) is 7. The van der Waals surface area contributed by atoms with Crippen LogP contribution in [0, 0.1) is 0 Å². The molecular weight excluding hydrogens is 236 g/mol. The zero-order valence-corrected chi connectivity index (χ0v) is 9.23. The van der Waals surface area contributed by atoms with E-state index in [1.165, 1.54) is 16.2 Å². The van der Waals surface area contributed by atoms with Crippen molar-refractivity contribution in [2.45, 2.75) is 6.54 Å². The number of hydrogen-bond donors (Lipinski definition) is 2. The summed E-state index contributed by atoms with van der Waals surface area (Å²) in [5.41, 5.74) is 2.41. The Morgan fingerprint density at radius 1 is 1.60 bits per heavy atom. The maximum absolute atomic E-state index is 11.3. The van der Waals surface area contributed by atoms with Crippen LogP contribution in [-0.2, 0) is 11.3 Å². The fourth-order valence-corrected chi connectivity index (χ4v) is 2.57. The minimum Gasteiger partial charge on any atom is -0.300 e. The van der Waals surface area contributed by atoms with Crippen molar-refractivity contribution in [2.24, 2.45) is 5.84 Å². The number of thioether (sulfide) groups is 1. The van der Waals surface area contributed by atoms with Crippen molar-refractivity contribution in [1.82, 2.24) is 9.88 Å². The van der Waals surface area contributed by atoms with E-state index >= 15 is 0 Å². The Morgan fingerprint density at radius 2 is 2.40 bits per heavy atom. The third kappa shape index (κ3) is 2.11. The van der Waals surface area contributed by atoms with E-state index in [2.05, 4.69) is 10.4 Å². The predicted molar refractivity (Wildman–Crippen MR) is 58.3 cm³/mol. The lowest BCUT2D eigenvalue weighted by molar-refractivity contribution is -0.124. The van der Waals surface area contributed by atoms with Crippen molar-refractivity contribution in [3.05, 3.63) is 11.1 Å². The van der Waals surface area contributed by atoms with Crippen LogP contribution in [0.15, 0.2) is 6.20 Å². The lowest BCUT2D eigenvalue weighted by atomic mass is 10.5. The molecule has 0 unspecified atom stereocenters. The summed E-state index contributed by atoms with van der Waals surface area (Å²) in [5, 5.41) is 0.368. The Balaban J connectivity index is 2.07. The minimum absolute atomic E-state index is 0.152. The number of nitrogens with zero attached hydrogens (tertiary/aromatic N) is 2. The van der Waals surface area contributed by atoms with Gasteiger partial charge in [-0.15, -0.1) is 0 Å². The maximum atomic E-state index is 11.3. The van der Waals surface area contributed by atoms with E-state index in [1.807, 2.05) is 0 Å². The Bertz CT molecular complexity index is 389. The zero-order valence-electron chi connectivity index (χ0n) is 7.60. The first-order valence-electron chi connectivity index (χ1n) is 4.09. The summed E-state index contributed by atoms with van der Waals surface area (Å²) < 4.78 is 0. The molecule has 8 heteroatoms. The highest BCUT2D eigenvalue weighted by atomic mass is 32.2. The van der Waals surface area contributed by atoms with E-state index in [0.29, 0.717) is 5.13 Å². The fraction of sp³-hybridized carbons (Fsp3) is 0.286. The first-order chi connectivity index (χ1) is 7.20. The number of amides is 2. The van der Waals surface area contributed by atoms with Gasteiger partial charge in [0, 0.05) is 11.1 Å². The number of thiazole rings is 1. The molecule has 1 saturated heterocycles. The van der Waals surface area contributed by atoms with Gasteiger partial charge in [-0.2, -0.15) is 0 Å². The number of carbonyl (C=O) groups excluding carboxylic acids is 2. The third-order valence-electron chi connectivity index (χ3n) is 1.83. The van der Waals surface area contributed by atoms with Gasteiger partial charge in [0.25, 0.3) is 5.24 Å². The van der Waals surface area contributed by atoms with Gasteiger partial charge in [-0.1, -0.05) is 23.1 Å². The number of hydrazine groups is 1. The average Bonchev–Trinajstić information content (AvgIpc) is 2.80. The molecule has 6 nitrogen and oxygen atoms in total. The third-order valence-corrected chi connectivity index (χ3v) is 3.60. The van der Waals surface area contributed by atoms with Crippen molar-refractivity contribution in [2.75, 3.05) is 11.2 Å². The monoisotopic (exact) mass is 244 g/mol. The Hall–Kier alpha value is -1.12. The molecule has 0 bridgehead atoms. The van der Waals surface area contributed by atoms with Crippen molar-refractivity contribution in [1.29, 1.82) is 0 Å². The van der Waals surface area contributed by atoms with Crippen LogP contribution < -0.4 is 11.3 Å². The molecule has 2 rings (SSSR count). The average molecular weight is 244 g/mol. The standard InChI is InChI=1S/C7H8N4O2S2/c8-10-6-9-1-4(15-6)2-11-5(12)3-14-7(11)13/h1H,2-3,8H2,(H,9,10). The molecule has 1 fully saturated rings. The van der Waals surface area contributed by atoms with Crippen LogP contribution in [0.25, 0.3) is 0 Å². The van der Waals surface area contributed by atoms with Crippen molar-refractivity contribution in [3.8, 4) is 0 Å². The summed E-state index contributed by atoms with van der Waals surface area (Å²) >= 11 is 2.35. The second kappa shape index (κ2) is 4.17. The molecule has 0 saturated carbocycles. The van der Waals surface area contributed by atoms with Crippen LogP contribution in [-0.4, -0.2) is 26.8 Å². The number of carbonyl (C=O) groups is 2. The van der Waals surface area contributed by atoms with Crippen molar-refractivity contribution >= 4 is 39.4 Å². The molecule has 80 valence electrons. The molecule has 1 aliphatic heterocycles. The first kappa shape index (κ1) is 10.4. The topological polar surface area (TPSA) is 88.3 Å². The molecular formula is C7H8N4O2S2. The first-order valence-corrected chi connectivity index (χ1v) is 5.89. The predicted octanol–water partition coefficient (Wildman–Crippen LogP) is 0.624. The fourth-order valence-electron chi connectivity index (χ4n) is 1.14. The maximum Gasteiger partial charge on any atom is 0.289 e. The number of aromatic nitrogens is 1. The molecule has 0 aliphatic carbocycles. The number of nitrogens with one attached hydrogen (secondary N) is 1. The smallest absolute Gasteiger partial charge is 0.289 e. The normalized spacial score (nSPS) is 16.2. The summed E-state index contributed by atoms with van der Waals surface area (Å²) in [6.07, 6.45) is 1.60. The van der Waals surface area contributed by atoms with E-state index in [1.54, 1.807) is 6.20 Å². The van der Waals surface area contributed by atoms with Crippen LogP contribution in [0.2, 0.25) is 0 Å². The van der Waals surface area contributed by atoms with Crippen LogP contribution in [0.3, 0.4) is 0 Å². The molecule has 3 N–H and O–H groups in total. The van der Waals surface area contributed by atoms with Gasteiger partial charge < -0.3 is 0 Å². The van der Waals surface area contributed by atoms with Gasteiger partial charge in [-0.25, -0.2) is 10.8 Å². The highest BCUT2D eigenvalue weighted by Crippen LogP contribution is 2.24. The van der Waals surface area contributed by atoms with Gasteiger partial charge in [-0.05, 0) is 0 Å². The van der Waals surface area contributed by atoms with Gasteiger partial charge in [0.15, 0.2) is 5.13 Å². The molecule has 2 amide bonds. The highest BCUT2D eigenvalue weighted by molar-refractivity contribution is 8.14. The largest absolute Gasteiger partial charge is 0.300 e. The van der Waals surface area contributed by atoms with Gasteiger partial charge in [-0.3, -0.25) is 19.9 Å². The van der Waals surface area contributed by atoms with Crippen LogP contribution in [0.4, 0.5) is 9.93 Å². The number of rotatable bonds is 3. The molecule has 1 aromatic rings. The van der Waals surface area contributed by atoms with Crippen molar-refractivity contribution in [3.63, 3.8) is 0 Å². The number of imide groups is 1. The number of nitrogen functional groups attached to an aromatic ring is 1. The van der Waals surface area contributed by atoms with E-state index in [9.17, 15) is 9.59 Å². The minimum atomic E-state index is -0.198. The van der Waals surface area contributed by atoms with Gasteiger partial charge in [0.05, 0.1) is 12.3 Å². The van der Waals surface area contributed by atoms with Crippen LogP contribution >= 0.6 is 23.1 Å². The van der Waals surface area contributed by atoms with E-state index in [0.717, 1.165) is 16.6 Å². The lowest BCUT2D eigenvalue weighted by Crippen LogP contribution is -2.27. The molecule has 2 heterocycles. The molecule has 0 spiro atoms. The lowest BCUT2D eigenvalue weighted by Gasteiger charge is -2.09. The summed E-state index contributed by atoms with van der Waals surface area (Å²) in [7, 11) is 0. The summed E-state index contributed by atoms with van der Waals surface area (Å²) in [6.45, 7) is 0.282. The molecule has 0 atom stereocenters. The summed E-state index contributed by atoms with van der Waals surface area (Å²) in [6, 6.07) is 0. The summed E-state index contributed by atoms with van der Waals surface area (Å²) in [5.74, 6) is 5.26. The molecule has 15 heavy (non-hydrogen) atoms. The molecule has 0 radical (unpaired) electrons. The Morgan fingerprint density at radius 3 is 2.93 bits per heavy atom. The van der Waals surface area contributed by atoms with Crippen molar-refractivity contribution < 1.29 is 9.59 Å². The quantitative estimate of drug-likeness (QED) is 0.598. The van der Waals surface area contributed by atoms with Crippen LogP contribution in [0.5, 0.6) is 0 Å². The van der Waals surface area contributed by atoms with Gasteiger partial charge >= 0.3 is 0 Å². The SMILES string of the molecule is NNc1ncc(CN2C(=O)CSC2=O)s1. The molecule has 1 aliphatic rings. The molecule has 1 aromatic heterocycles. The van der Waals surface area contributed by atoms with Gasteiger partial charge in [0.2, 0.25) is 5.91 Å². The second-order valence-corrected chi connectivity index (χ2v) is 4.85. The Kier molecular flexibility index (Phi) is 2.89. The Labute approximate surface area is 93.8 Å². The van der Waals surface area contributed by atoms with E-state index in [4.69, 9.17) is 5.84 Å². The second-order valence-electron chi connectivity index (χ2n) is 2.81. The number of nitrogens with two attached hydrogens (primary N) is 1. The number of anilines is 1. The van der Waals surface area contributed by atoms with Gasteiger partial charge in [0.1, 0.15) is 0 Å².